The van der Waals surface area contributed by atoms with E-state index in [1.54, 1.807) is 0 Å². The summed E-state index contributed by atoms with van der Waals surface area (Å²) >= 11 is 0. The van der Waals surface area contributed by atoms with Crippen LogP contribution in [0.3, 0.4) is 0 Å². The predicted molar refractivity (Wildman–Crippen MR) is 90.2 cm³/mol. The number of hydrogen-bond acceptors (Lipinski definition) is 3. The molecule has 1 saturated heterocycles. The van der Waals surface area contributed by atoms with Crippen LogP contribution in [0.1, 0.15) is 23.0 Å². The summed E-state index contributed by atoms with van der Waals surface area (Å²) in [6.45, 7) is 6.04. The van der Waals surface area contributed by atoms with E-state index < -0.39 is 11.6 Å². The average Bonchev–Trinajstić information content (AvgIpc) is 2.84. The molecule has 1 aliphatic rings. The third kappa shape index (κ3) is 4.04. The van der Waals surface area contributed by atoms with E-state index in [0.717, 1.165) is 24.5 Å². The van der Waals surface area contributed by atoms with Crippen molar-refractivity contribution >= 4 is 5.91 Å². The molecule has 25 heavy (non-hydrogen) atoms. The summed E-state index contributed by atoms with van der Waals surface area (Å²) in [5, 5.41) is 7.18. The molecule has 1 fully saturated rings. The minimum Gasteiger partial charge on any atom is -0.355 e. The fourth-order valence-electron chi connectivity index (χ4n) is 3.20. The predicted octanol–water partition coefficient (Wildman–Crippen LogP) is 1.99. The Bertz CT molecular complexity index is 748. The zero-order valence-corrected chi connectivity index (χ0v) is 14.4. The van der Waals surface area contributed by atoms with Gasteiger partial charge in [0.1, 0.15) is 11.6 Å². The van der Waals surface area contributed by atoms with Crippen molar-refractivity contribution in [3.8, 4) is 0 Å². The van der Waals surface area contributed by atoms with Gasteiger partial charge in [-0.1, -0.05) is 6.07 Å². The van der Waals surface area contributed by atoms with Crippen LogP contribution in [0.2, 0.25) is 0 Å². The second-order valence-electron chi connectivity index (χ2n) is 6.52. The average molecular weight is 348 g/mol. The Kier molecular flexibility index (Phi) is 5.13. The molecule has 0 radical (unpaired) electrons. The molecule has 0 spiro atoms. The number of nitrogens with zero attached hydrogens (tertiary/aromatic N) is 3. The van der Waals surface area contributed by atoms with Gasteiger partial charge in [0.15, 0.2) is 0 Å². The summed E-state index contributed by atoms with van der Waals surface area (Å²) in [5.74, 6) is -1.29. The molecule has 3 rings (SSSR count). The van der Waals surface area contributed by atoms with Gasteiger partial charge in [0.2, 0.25) is 5.91 Å². The second kappa shape index (κ2) is 7.31. The molecule has 0 atom stereocenters. The minimum atomic E-state index is -0.579. The molecule has 5 nitrogen and oxygen atoms in total. The van der Waals surface area contributed by atoms with Crippen LogP contribution >= 0.6 is 0 Å². The molecule has 7 heteroatoms. The SMILES string of the molecule is Cc1cc(C)n(C2CN(CC(=O)NCCc3c(F)cccc3F)C2)n1. The highest BCUT2D eigenvalue weighted by Crippen LogP contribution is 2.22. The van der Waals surface area contributed by atoms with E-state index in [-0.39, 0.29) is 31.0 Å². The van der Waals surface area contributed by atoms with E-state index in [0.29, 0.717) is 6.04 Å². The van der Waals surface area contributed by atoms with Gasteiger partial charge in [0.25, 0.3) is 0 Å². The monoisotopic (exact) mass is 348 g/mol. The Balaban J connectivity index is 1.40. The number of benzene rings is 1. The minimum absolute atomic E-state index is 0.0105. The number of likely N-dealkylation sites (tertiary alicyclic amines) is 1. The van der Waals surface area contributed by atoms with Crippen molar-refractivity contribution in [3.63, 3.8) is 0 Å². The third-order valence-electron chi connectivity index (χ3n) is 4.45. The van der Waals surface area contributed by atoms with Crippen molar-refractivity contribution < 1.29 is 13.6 Å². The van der Waals surface area contributed by atoms with E-state index in [9.17, 15) is 13.6 Å². The Morgan fingerprint density at radius 2 is 1.96 bits per heavy atom. The summed E-state index contributed by atoms with van der Waals surface area (Å²) in [6.07, 6.45) is 0.138. The highest BCUT2D eigenvalue weighted by Gasteiger charge is 2.30. The van der Waals surface area contributed by atoms with E-state index >= 15 is 0 Å². The van der Waals surface area contributed by atoms with Gasteiger partial charge in [-0.3, -0.25) is 14.4 Å². The topological polar surface area (TPSA) is 50.2 Å². The van der Waals surface area contributed by atoms with Crippen molar-refractivity contribution in [1.29, 1.82) is 0 Å². The maximum absolute atomic E-state index is 13.5. The van der Waals surface area contributed by atoms with Crippen LogP contribution in [0.5, 0.6) is 0 Å². The van der Waals surface area contributed by atoms with Crippen LogP contribution < -0.4 is 5.32 Å². The zero-order chi connectivity index (χ0) is 18.0. The number of rotatable bonds is 6. The Morgan fingerprint density at radius 1 is 1.28 bits per heavy atom. The van der Waals surface area contributed by atoms with Crippen LogP contribution in [0.4, 0.5) is 8.78 Å². The first-order valence-electron chi connectivity index (χ1n) is 8.38. The van der Waals surface area contributed by atoms with Crippen LogP contribution in [0, 0.1) is 25.5 Å². The quantitative estimate of drug-likeness (QED) is 0.869. The lowest BCUT2D eigenvalue weighted by Gasteiger charge is -2.39. The van der Waals surface area contributed by atoms with Gasteiger partial charge in [0.05, 0.1) is 18.3 Å². The molecule has 1 amide bonds. The van der Waals surface area contributed by atoms with Gasteiger partial charge in [-0.15, -0.1) is 0 Å². The largest absolute Gasteiger partial charge is 0.355 e. The number of carbonyl (C=O) groups excluding carboxylic acids is 1. The summed E-state index contributed by atoms with van der Waals surface area (Å²) in [4.78, 5) is 14.0. The number of aromatic nitrogens is 2. The number of nitrogens with one attached hydrogen (secondary N) is 1. The first-order valence-corrected chi connectivity index (χ1v) is 8.38. The van der Waals surface area contributed by atoms with Crippen molar-refractivity contribution in [2.45, 2.75) is 26.3 Å². The standard InChI is InChI=1S/C18H22F2N4O/c1-12-8-13(2)24(22-12)14-9-23(10-14)11-18(25)21-7-6-15-16(19)4-3-5-17(15)20/h3-5,8,14H,6-7,9-11H2,1-2H3,(H,21,25). The zero-order valence-electron chi connectivity index (χ0n) is 14.4. The smallest absolute Gasteiger partial charge is 0.234 e. The maximum Gasteiger partial charge on any atom is 0.234 e. The molecule has 1 aliphatic heterocycles. The van der Waals surface area contributed by atoms with Gasteiger partial charge < -0.3 is 5.32 Å². The number of amides is 1. The van der Waals surface area contributed by atoms with Gasteiger partial charge in [0, 0.05) is 30.9 Å². The maximum atomic E-state index is 13.5. The van der Waals surface area contributed by atoms with Crippen LogP contribution in [0.15, 0.2) is 24.3 Å². The summed E-state index contributed by atoms with van der Waals surface area (Å²) in [7, 11) is 0. The van der Waals surface area contributed by atoms with Crippen LogP contribution in [0.25, 0.3) is 0 Å². The van der Waals surface area contributed by atoms with Crippen molar-refractivity contribution in [3.05, 3.63) is 52.9 Å². The highest BCUT2D eigenvalue weighted by atomic mass is 19.1. The molecule has 0 unspecified atom stereocenters. The number of hydrogen-bond donors (Lipinski definition) is 1. The molecular weight excluding hydrogens is 326 g/mol. The fraction of sp³-hybridized carbons (Fsp3) is 0.444. The summed E-state index contributed by atoms with van der Waals surface area (Å²) < 4.78 is 29.0. The first kappa shape index (κ1) is 17.5. The molecular formula is C18H22F2N4O. The molecule has 2 heterocycles. The van der Waals surface area contributed by atoms with Crippen LogP contribution in [-0.2, 0) is 11.2 Å². The molecule has 2 aromatic rings. The lowest BCUT2D eigenvalue weighted by molar-refractivity contribution is -0.123. The molecule has 134 valence electrons. The number of aryl methyl sites for hydroxylation is 2. The van der Waals surface area contributed by atoms with Crippen molar-refractivity contribution in [2.75, 3.05) is 26.2 Å². The Hall–Kier alpha value is -2.28. The van der Waals surface area contributed by atoms with Gasteiger partial charge in [-0.25, -0.2) is 8.78 Å². The van der Waals surface area contributed by atoms with Crippen LogP contribution in [-0.4, -0.2) is 46.8 Å². The van der Waals surface area contributed by atoms with Gasteiger partial charge in [-0.05, 0) is 38.5 Å². The lowest BCUT2D eigenvalue weighted by Crippen LogP contribution is -2.52. The third-order valence-corrected chi connectivity index (χ3v) is 4.45. The van der Waals surface area contributed by atoms with E-state index in [2.05, 4.69) is 10.4 Å². The molecule has 0 saturated carbocycles. The van der Waals surface area contributed by atoms with Gasteiger partial charge in [-0.2, -0.15) is 5.10 Å². The number of halogens is 2. The van der Waals surface area contributed by atoms with E-state index in [4.69, 9.17) is 0 Å². The highest BCUT2D eigenvalue weighted by molar-refractivity contribution is 5.78. The van der Waals surface area contributed by atoms with Gasteiger partial charge >= 0.3 is 0 Å². The lowest BCUT2D eigenvalue weighted by atomic mass is 10.1. The Morgan fingerprint density at radius 3 is 2.56 bits per heavy atom. The fourth-order valence-corrected chi connectivity index (χ4v) is 3.20. The molecule has 1 aromatic carbocycles. The molecule has 1 N–H and O–H groups in total. The number of carbonyl (C=O) groups is 1. The second-order valence-corrected chi connectivity index (χ2v) is 6.52. The van der Waals surface area contributed by atoms with Crippen molar-refractivity contribution in [1.82, 2.24) is 20.0 Å². The van der Waals surface area contributed by atoms with E-state index in [1.165, 1.54) is 18.2 Å². The van der Waals surface area contributed by atoms with E-state index in [1.807, 2.05) is 29.5 Å². The normalized spacial score (nSPS) is 15.2. The Labute approximate surface area is 145 Å². The molecule has 1 aromatic heterocycles. The molecule has 0 aliphatic carbocycles. The summed E-state index contributed by atoms with van der Waals surface area (Å²) in [6, 6.07) is 6.11. The first-order chi connectivity index (χ1) is 11.9. The molecule has 0 bridgehead atoms. The summed E-state index contributed by atoms with van der Waals surface area (Å²) in [5.41, 5.74) is 2.13. The van der Waals surface area contributed by atoms with Crippen molar-refractivity contribution in [2.24, 2.45) is 0 Å².